The molecule has 5 nitrogen and oxygen atoms in total. The molecule has 30 heavy (non-hydrogen) atoms. The summed E-state index contributed by atoms with van der Waals surface area (Å²) in [6.07, 6.45) is 1.43. The van der Waals surface area contributed by atoms with E-state index in [-0.39, 0.29) is 18.1 Å². The van der Waals surface area contributed by atoms with Crippen LogP contribution in [0.2, 0.25) is 0 Å². The first-order valence-electron chi connectivity index (χ1n) is 9.75. The molecule has 0 saturated carbocycles. The highest BCUT2D eigenvalue weighted by Crippen LogP contribution is 2.32. The van der Waals surface area contributed by atoms with Crippen LogP contribution in [0.4, 0.5) is 8.78 Å². The second kappa shape index (κ2) is 9.63. The summed E-state index contributed by atoms with van der Waals surface area (Å²) < 4.78 is 34.3. The molecule has 1 fully saturated rings. The zero-order valence-electron chi connectivity index (χ0n) is 16.6. The van der Waals surface area contributed by atoms with Crippen molar-refractivity contribution in [1.29, 1.82) is 0 Å². The number of Topliss-reactive ketones (excluding diaryl/α,β-unsaturated/α-hetero) is 1. The van der Waals surface area contributed by atoms with Gasteiger partial charge in [0.1, 0.15) is 23.5 Å². The van der Waals surface area contributed by atoms with Crippen LogP contribution >= 0.6 is 0 Å². The first-order valence-corrected chi connectivity index (χ1v) is 9.75. The van der Waals surface area contributed by atoms with Gasteiger partial charge in [0, 0.05) is 19.0 Å². The van der Waals surface area contributed by atoms with Crippen LogP contribution in [0.1, 0.15) is 40.7 Å². The molecule has 3 rings (SSSR count). The first kappa shape index (κ1) is 21.6. The van der Waals surface area contributed by atoms with Crippen LogP contribution in [0.25, 0.3) is 0 Å². The normalized spacial score (nSPS) is 17.2. The Morgan fingerprint density at radius 1 is 1.20 bits per heavy atom. The van der Waals surface area contributed by atoms with Gasteiger partial charge in [-0.05, 0) is 43.1 Å². The van der Waals surface area contributed by atoms with Crippen molar-refractivity contribution in [2.75, 3.05) is 19.7 Å². The van der Waals surface area contributed by atoms with E-state index in [0.29, 0.717) is 13.0 Å². The Morgan fingerprint density at radius 3 is 2.60 bits per heavy atom. The van der Waals surface area contributed by atoms with E-state index in [4.69, 9.17) is 4.74 Å². The van der Waals surface area contributed by atoms with E-state index in [1.807, 2.05) is 30.3 Å². The van der Waals surface area contributed by atoms with Crippen molar-refractivity contribution < 1.29 is 28.2 Å². The Kier molecular flexibility index (Phi) is 6.95. The van der Waals surface area contributed by atoms with E-state index in [1.54, 1.807) is 6.92 Å². The van der Waals surface area contributed by atoms with Crippen molar-refractivity contribution in [3.8, 4) is 0 Å². The molecule has 7 heteroatoms. The number of benzene rings is 2. The number of aliphatic carboxylic acids is 1. The molecule has 1 heterocycles. The third kappa shape index (κ3) is 4.91. The summed E-state index contributed by atoms with van der Waals surface area (Å²) in [4.78, 5) is 25.9. The fraction of sp³-hybridized carbons (Fsp3) is 0.304. The summed E-state index contributed by atoms with van der Waals surface area (Å²) in [5.74, 6) is -4.56. The minimum absolute atomic E-state index is 0.140. The standard InChI is InChI=1S/C23H23F2NO4/c1-2-30-14-19(23(28)29)22(27)18-11-20(24)17(10-21(18)25)16-8-9-26(13-16)12-15-6-4-3-5-7-15/h3-7,10-11,14,16H,2,8-9,12-13H2,1H3,(H,28,29)/b19-14+. The van der Waals surface area contributed by atoms with Crippen molar-refractivity contribution in [2.24, 2.45) is 0 Å². The lowest BCUT2D eigenvalue weighted by molar-refractivity contribution is -0.132. The topological polar surface area (TPSA) is 66.8 Å². The molecule has 0 aromatic heterocycles. The molecule has 158 valence electrons. The third-order valence-electron chi connectivity index (χ3n) is 5.14. The summed E-state index contributed by atoms with van der Waals surface area (Å²) in [7, 11) is 0. The average Bonchev–Trinajstić information content (AvgIpc) is 3.18. The van der Waals surface area contributed by atoms with Crippen molar-refractivity contribution in [2.45, 2.75) is 25.8 Å². The van der Waals surface area contributed by atoms with Crippen LogP contribution in [0, 0.1) is 11.6 Å². The van der Waals surface area contributed by atoms with Crippen LogP contribution in [0.5, 0.6) is 0 Å². The number of nitrogens with zero attached hydrogens (tertiary/aromatic N) is 1. The second-order valence-electron chi connectivity index (χ2n) is 7.18. The lowest BCUT2D eigenvalue weighted by Gasteiger charge is -2.17. The average molecular weight is 415 g/mol. The highest BCUT2D eigenvalue weighted by molar-refractivity contribution is 6.23. The van der Waals surface area contributed by atoms with Crippen LogP contribution in [-0.4, -0.2) is 41.5 Å². The number of likely N-dealkylation sites (tertiary alicyclic amines) is 1. The minimum Gasteiger partial charge on any atom is -0.500 e. The number of carbonyl (C=O) groups excluding carboxylic acids is 1. The Balaban J connectivity index is 1.78. The van der Waals surface area contributed by atoms with Gasteiger partial charge in [0.05, 0.1) is 12.2 Å². The number of ether oxygens (including phenoxy) is 1. The van der Waals surface area contributed by atoms with E-state index >= 15 is 0 Å². The number of carboxylic acid groups (broad SMARTS) is 1. The lowest BCUT2D eigenvalue weighted by atomic mass is 9.94. The maximum absolute atomic E-state index is 14.8. The van der Waals surface area contributed by atoms with Crippen molar-refractivity contribution in [1.82, 2.24) is 4.90 Å². The van der Waals surface area contributed by atoms with Gasteiger partial charge in [-0.25, -0.2) is 13.6 Å². The zero-order valence-corrected chi connectivity index (χ0v) is 16.6. The molecule has 0 aliphatic carbocycles. The Labute approximate surface area is 173 Å². The molecule has 1 N–H and O–H groups in total. The van der Waals surface area contributed by atoms with Gasteiger partial charge >= 0.3 is 5.97 Å². The fourth-order valence-corrected chi connectivity index (χ4v) is 3.63. The zero-order chi connectivity index (χ0) is 21.7. The summed E-state index contributed by atoms with van der Waals surface area (Å²) in [6, 6.07) is 11.7. The Morgan fingerprint density at radius 2 is 1.93 bits per heavy atom. The highest BCUT2D eigenvalue weighted by atomic mass is 19.1. The fourth-order valence-electron chi connectivity index (χ4n) is 3.63. The molecule has 2 aromatic rings. The molecule has 1 aliphatic heterocycles. The van der Waals surface area contributed by atoms with Gasteiger partial charge < -0.3 is 9.84 Å². The smallest absolute Gasteiger partial charge is 0.342 e. The summed E-state index contributed by atoms with van der Waals surface area (Å²) in [6.45, 7) is 3.80. The number of carbonyl (C=O) groups is 2. The quantitative estimate of drug-likeness (QED) is 0.231. The van der Waals surface area contributed by atoms with Crippen LogP contribution in [-0.2, 0) is 16.1 Å². The van der Waals surface area contributed by atoms with Crippen LogP contribution in [0.3, 0.4) is 0 Å². The van der Waals surface area contributed by atoms with Crippen molar-refractivity contribution in [3.63, 3.8) is 0 Å². The molecular weight excluding hydrogens is 392 g/mol. The van der Waals surface area contributed by atoms with E-state index in [9.17, 15) is 23.5 Å². The third-order valence-corrected chi connectivity index (χ3v) is 5.14. The first-order chi connectivity index (χ1) is 14.4. The van der Waals surface area contributed by atoms with Crippen molar-refractivity contribution >= 4 is 11.8 Å². The van der Waals surface area contributed by atoms with Gasteiger partial charge in [-0.15, -0.1) is 0 Å². The molecule has 1 saturated heterocycles. The van der Waals surface area contributed by atoms with Gasteiger partial charge in [0.25, 0.3) is 0 Å². The molecule has 0 amide bonds. The van der Waals surface area contributed by atoms with Crippen LogP contribution < -0.4 is 0 Å². The number of halogens is 2. The number of carboxylic acids is 1. The maximum atomic E-state index is 14.8. The predicted molar refractivity (Wildman–Crippen MR) is 107 cm³/mol. The van der Waals surface area contributed by atoms with Crippen LogP contribution in [0.15, 0.2) is 54.3 Å². The summed E-state index contributed by atoms with van der Waals surface area (Å²) >= 11 is 0. The number of hydrogen-bond donors (Lipinski definition) is 1. The Hall–Kier alpha value is -3.06. The van der Waals surface area contributed by atoms with E-state index in [1.165, 1.54) is 0 Å². The number of rotatable bonds is 8. The van der Waals surface area contributed by atoms with Gasteiger partial charge in [-0.2, -0.15) is 0 Å². The molecule has 1 unspecified atom stereocenters. The molecule has 0 radical (unpaired) electrons. The van der Waals surface area contributed by atoms with E-state index in [0.717, 1.165) is 37.0 Å². The molecular formula is C23H23F2NO4. The minimum atomic E-state index is -1.57. The van der Waals surface area contributed by atoms with Gasteiger partial charge in [-0.1, -0.05) is 30.3 Å². The molecule has 1 aliphatic rings. The van der Waals surface area contributed by atoms with E-state index < -0.39 is 34.5 Å². The number of ketones is 1. The lowest BCUT2D eigenvalue weighted by Crippen LogP contribution is -2.20. The Bertz CT molecular complexity index is 959. The highest BCUT2D eigenvalue weighted by Gasteiger charge is 2.29. The molecule has 1 atom stereocenters. The van der Waals surface area contributed by atoms with Gasteiger partial charge in [0.15, 0.2) is 0 Å². The monoisotopic (exact) mass is 415 g/mol. The van der Waals surface area contributed by atoms with Crippen molar-refractivity contribution in [3.05, 3.63) is 82.6 Å². The largest absolute Gasteiger partial charge is 0.500 e. The van der Waals surface area contributed by atoms with Gasteiger partial charge in [-0.3, -0.25) is 9.69 Å². The summed E-state index contributed by atoms with van der Waals surface area (Å²) in [5, 5.41) is 9.18. The van der Waals surface area contributed by atoms with Gasteiger partial charge in [0.2, 0.25) is 5.78 Å². The van der Waals surface area contributed by atoms with E-state index in [2.05, 4.69) is 4.90 Å². The summed E-state index contributed by atoms with van der Waals surface area (Å²) in [5.41, 5.74) is -0.0279. The molecule has 0 bridgehead atoms. The molecule has 0 spiro atoms. The maximum Gasteiger partial charge on any atom is 0.342 e. The SMILES string of the molecule is CCO/C=C(/C(=O)O)C(=O)c1cc(F)c(C2CCN(Cc3ccccc3)C2)cc1F. The predicted octanol–water partition coefficient (Wildman–Crippen LogP) is 4.14. The number of hydrogen-bond acceptors (Lipinski definition) is 4. The molecule has 2 aromatic carbocycles. The second-order valence-corrected chi connectivity index (χ2v) is 7.18.